The molecule has 0 saturated carbocycles. The lowest BCUT2D eigenvalue weighted by molar-refractivity contribution is -0.134. The highest BCUT2D eigenvalue weighted by Gasteiger charge is 2.35. The number of likely N-dealkylation sites (N-methyl/N-ethyl adjacent to an activating group) is 1. The minimum atomic E-state index is -0.0431. The van der Waals surface area contributed by atoms with Gasteiger partial charge in [-0.15, -0.1) is 0 Å². The number of rotatable bonds is 3. The average molecular weight is 213 g/mol. The van der Waals surface area contributed by atoms with E-state index in [4.69, 9.17) is 5.73 Å². The molecule has 0 aromatic carbocycles. The summed E-state index contributed by atoms with van der Waals surface area (Å²) in [5, 5.41) is 0. The zero-order valence-electron chi connectivity index (χ0n) is 10.2. The molecule has 4 heteroatoms. The van der Waals surface area contributed by atoms with Gasteiger partial charge in [0.1, 0.15) is 0 Å². The summed E-state index contributed by atoms with van der Waals surface area (Å²) >= 11 is 0. The molecule has 0 aliphatic carbocycles. The van der Waals surface area contributed by atoms with Gasteiger partial charge in [0.05, 0.1) is 6.04 Å². The van der Waals surface area contributed by atoms with Crippen LogP contribution in [0, 0.1) is 5.92 Å². The summed E-state index contributed by atoms with van der Waals surface area (Å²) in [4.78, 5) is 15.7. The zero-order valence-corrected chi connectivity index (χ0v) is 10.2. The van der Waals surface area contributed by atoms with Crippen molar-refractivity contribution in [2.75, 3.05) is 27.2 Å². The van der Waals surface area contributed by atoms with Gasteiger partial charge in [-0.3, -0.25) is 9.69 Å². The van der Waals surface area contributed by atoms with Crippen molar-refractivity contribution in [2.45, 2.75) is 32.4 Å². The molecule has 3 unspecified atom stereocenters. The van der Waals surface area contributed by atoms with E-state index in [0.29, 0.717) is 18.5 Å². The fourth-order valence-electron chi connectivity index (χ4n) is 2.40. The topological polar surface area (TPSA) is 49.6 Å². The van der Waals surface area contributed by atoms with E-state index in [1.54, 1.807) is 19.0 Å². The van der Waals surface area contributed by atoms with E-state index in [2.05, 4.69) is 11.8 Å². The largest absolute Gasteiger partial charge is 0.347 e. The lowest BCUT2D eigenvalue weighted by atomic mass is 10.0. The van der Waals surface area contributed by atoms with Crippen LogP contribution in [0.3, 0.4) is 0 Å². The molecule has 3 atom stereocenters. The van der Waals surface area contributed by atoms with Gasteiger partial charge in [-0.25, -0.2) is 0 Å². The lowest BCUT2D eigenvalue weighted by Gasteiger charge is -2.32. The van der Waals surface area contributed by atoms with Gasteiger partial charge in [0.25, 0.3) is 0 Å². The van der Waals surface area contributed by atoms with Gasteiger partial charge in [-0.1, -0.05) is 6.92 Å². The van der Waals surface area contributed by atoms with Gasteiger partial charge in [0.15, 0.2) is 0 Å². The maximum Gasteiger partial charge on any atom is 0.239 e. The fourth-order valence-corrected chi connectivity index (χ4v) is 2.40. The smallest absolute Gasteiger partial charge is 0.239 e. The molecule has 1 saturated heterocycles. The van der Waals surface area contributed by atoms with Crippen LogP contribution < -0.4 is 5.73 Å². The van der Waals surface area contributed by atoms with E-state index >= 15 is 0 Å². The number of hydrogen-bond donors (Lipinski definition) is 1. The third kappa shape index (κ3) is 2.49. The third-order valence-electron chi connectivity index (χ3n) is 3.46. The Kier molecular flexibility index (Phi) is 4.11. The summed E-state index contributed by atoms with van der Waals surface area (Å²) in [5.74, 6) is 0.773. The molecule has 15 heavy (non-hydrogen) atoms. The summed E-state index contributed by atoms with van der Waals surface area (Å²) in [6.45, 7) is 5.82. The van der Waals surface area contributed by atoms with Crippen LogP contribution in [0.25, 0.3) is 0 Å². The Balaban J connectivity index is 2.67. The Bertz CT molecular complexity index is 230. The predicted octanol–water partition coefficient (Wildman–Crippen LogP) is 0.132. The van der Waals surface area contributed by atoms with E-state index in [1.807, 2.05) is 6.92 Å². The minimum Gasteiger partial charge on any atom is -0.347 e. The second kappa shape index (κ2) is 4.94. The molecular formula is C11H23N3O. The molecule has 0 spiro atoms. The number of carbonyl (C=O) groups excluding carboxylic acids is 1. The number of amides is 1. The van der Waals surface area contributed by atoms with Crippen LogP contribution in [0.15, 0.2) is 0 Å². The van der Waals surface area contributed by atoms with Crippen molar-refractivity contribution in [3.63, 3.8) is 0 Å². The average Bonchev–Trinajstić information content (AvgIpc) is 2.57. The highest BCUT2D eigenvalue weighted by molar-refractivity contribution is 5.81. The Morgan fingerprint density at radius 1 is 1.60 bits per heavy atom. The number of nitrogens with two attached hydrogens (primary N) is 1. The molecule has 0 radical (unpaired) electrons. The molecule has 1 heterocycles. The van der Waals surface area contributed by atoms with Crippen LogP contribution in [0.1, 0.15) is 20.3 Å². The van der Waals surface area contributed by atoms with Gasteiger partial charge < -0.3 is 10.6 Å². The van der Waals surface area contributed by atoms with Crippen LogP contribution in [0.2, 0.25) is 0 Å². The molecule has 0 aromatic heterocycles. The summed E-state index contributed by atoms with van der Waals surface area (Å²) in [7, 11) is 3.60. The molecule has 0 bridgehead atoms. The molecule has 1 aliphatic heterocycles. The summed E-state index contributed by atoms with van der Waals surface area (Å²) in [6, 6.07) is 0.322. The first-order chi connectivity index (χ1) is 6.99. The Hall–Kier alpha value is -0.610. The molecule has 1 aliphatic rings. The second-order valence-corrected chi connectivity index (χ2v) is 4.72. The van der Waals surface area contributed by atoms with Crippen LogP contribution in [0.4, 0.5) is 0 Å². The van der Waals surface area contributed by atoms with Gasteiger partial charge in [0.2, 0.25) is 5.91 Å². The van der Waals surface area contributed by atoms with Crippen LogP contribution in [-0.2, 0) is 4.79 Å². The van der Waals surface area contributed by atoms with E-state index < -0.39 is 0 Å². The van der Waals surface area contributed by atoms with Crippen LogP contribution in [0.5, 0.6) is 0 Å². The molecule has 0 aromatic rings. The third-order valence-corrected chi connectivity index (χ3v) is 3.46. The molecule has 88 valence electrons. The molecule has 1 amide bonds. The van der Waals surface area contributed by atoms with E-state index in [0.717, 1.165) is 13.0 Å². The van der Waals surface area contributed by atoms with Gasteiger partial charge >= 0.3 is 0 Å². The normalized spacial score (nSPS) is 29.1. The van der Waals surface area contributed by atoms with Gasteiger partial charge in [-0.05, 0) is 25.8 Å². The molecule has 1 rings (SSSR count). The number of carbonyl (C=O) groups is 1. The van der Waals surface area contributed by atoms with Crippen molar-refractivity contribution in [2.24, 2.45) is 11.7 Å². The van der Waals surface area contributed by atoms with Crippen LogP contribution in [-0.4, -0.2) is 55.0 Å². The molecule has 1 fully saturated rings. The maximum atomic E-state index is 11.8. The molecule has 4 nitrogen and oxygen atoms in total. The first-order valence-electron chi connectivity index (χ1n) is 5.66. The Morgan fingerprint density at radius 3 is 2.67 bits per heavy atom. The molecule has 2 N–H and O–H groups in total. The SMILES string of the molecule is CC1CCN(C(C)C(=O)N(C)C)C1CN. The first kappa shape index (κ1) is 12.5. The van der Waals surface area contributed by atoms with Gasteiger partial charge in [0, 0.05) is 26.7 Å². The summed E-state index contributed by atoms with van der Waals surface area (Å²) in [6.07, 6.45) is 1.15. The van der Waals surface area contributed by atoms with E-state index in [9.17, 15) is 4.79 Å². The molecular weight excluding hydrogens is 190 g/mol. The Morgan fingerprint density at radius 2 is 2.20 bits per heavy atom. The van der Waals surface area contributed by atoms with Gasteiger partial charge in [-0.2, -0.15) is 0 Å². The summed E-state index contributed by atoms with van der Waals surface area (Å²) in [5.41, 5.74) is 5.76. The van der Waals surface area contributed by atoms with Crippen molar-refractivity contribution in [1.29, 1.82) is 0 Å². The van der Waals surface area contributed by atoms with E-state index in [-0.39, 0.29) is 11.9 Å². The van der Waals surface area contributed by atoms with Crippen molar-refractivity contribution in [3.8, 4) is 0 Å². The van der Waals surface area contributed by atoms with Crippen molar-refractivity contribution >= 4 is 5.91 Å². The van der Waals surface area contributed by atoms with E-state index in [1.165, 1.54) is 0 Å². The second-order valence-electron chi connectivity index (χ2n) is 4.72. The maximum absolute atomic E-state index is 11.8. The summed E-state index contributed by atoms with van der Waals surface area (Å²) < 4.78 is 0. The number of nitrogens with zero attached hydrogens (tertiary/aromatic N) is 2. The first-order valence-corrected chi connectivity index (χ1v) is 5.66. The minimum absolute atomic E-state index is 0.0431. The zero-order chi connectivity index (χ0) is 11.6. The number of hydrogen-bond acceptors (Lipinski definition) is 3. The quantitative estimate of drug-likeness (QED) is 0.725. The Labute approximate surface area is 92.4 Å². The standard InChI is InChI=1S/C11H23N3O/c1-8-5-6-14(10(8)7-12)9(2)11(15)13(3)4/h8-10H,5-7,12H2,1-4H3. The predicted molar refractivity (Wildman–Crippen MR) is 61.5 cm³/mol. The highest BCUT2D eigenvalue weighted by Crippen LogP contribution is 2.25. The highest BCUT2D eigenvalue weighted by atomic mass is 16.2. The van der Waals surface area contributed by atoms with Crippen molar-refractivity contribution < 1.29 is 4.79 Å². The lowest BCUT2D eigenvalue weighted by Crippen LogP contribution is -2.49. The fraction of sp³-hybridized carbons (Fsp3) is 0.909. The van der Waals surface area contributed by atoms with Crippen molar-refractivity contribution in [1.82, 2.24) is 9.80 Å². The van der Waals surface area contributed by atoms with Crippen molar-refractivity contribution in [3.05, 3.63) is 0 Å². The van der Waals surface area contributed by atoms with Crippen LogP contribution >= 0.6 is 0 Å². The number of likely N-dealkylation sites (tertiary alicyclic amines) is 1. The monoisotopic (exact) mass is 213 g/mol.